The summed E-state index contributed by atoms with van der Waals surface area (Å²) < 4.78 is 0. The summed E-state index contributed by atoms with van der Waals surface area (Å²) >= 11 is 0. The monoisotopic (exact) mass is 487 g/mol. The van der Waals surface area contributed by atoms with Gasteiger partial charge in [0.15, 0.2) is 0 Å². The van der Waals surface area contributed by atoms with Gasteiger partial charge < -0.3 is 0 Å². The van der Waals surface area contributed by atoms with Gasteiger partial charge in [-0.25, -0.2) is 0 Å². The van der Waals surface area contributed by atoms with Crippen LogP contribution in [0.5, 0.6) is 0 Å². The van der Waals surface area contributed by atoms with E-state index in [4.69, 9.17) is 0 Å². The molecule has 0 spiro atoms. The predicted molar refractivity (Wildman–Crippen MR) is 161 cm³/mol. The summed E-state index contributed by atoms with van der Waals surface area (Å²) in [6.45, 7) is 11.7. The van der Waals surface area contributed by atoms with Gasteiger partial charge in [0.2, 0.25) is 0 Å². The summed E-state index contributed by atoms with van der Waals surface area (Å²) in [7, 11) is 0. The first-order chi connectivity index (χ1) is 17.1. The molecule has 0 aliphatic heterocycles. The molecule has 206 valence electrons. The third kappa shape index (κ3) is 16.0. The molecule has 0 aromatic heterocycles. The van der Waals surface area contributed by atoms with Crippen LogP contribution in [-0.4, -0.2) is 0 Å². The number of hydrogen-bond donors (Lipinski definition) is 0. The normalized spacial score (nSPS) is 22.6. The fourth-order valence-electron chi connectivity index (χ4n) is 6.39. The summed E-state index contributed by atoms with van der Waals surface area (Å²) in [6, 6.07) is 0. The maximum atomic E-state index is 2.71. The number of rotatable bonds is 23. The zero-order valence-corrected chi connectivity index (χ0v) is 25.0. The van der Waals surface area contributed by atoms with Crippen molar-refractivity contribution in [2.24, 2.45) is 29.6 Å². The van der Waals surface area contributed by atoms with Crippen LogP contribution in [-0.2, 0) is 0 Å². The highest BCUT2D eigenvalue weighted by molar-refractivity contribution is 5.06. The second-order valence-electron chi connectivity index (χ2n) is 12.3. The molecule has 0 heteroatoms. The molecule has 0 aromatic rings. The van der Waals surface area contributed by atoms with Gasteiger partial charge in [0.1, 0.15) is 0 Å². The average molecular weight is 487 g/mol. The van der Waals surface area contributed by atoms with Crippen LogP contribution in [0.4, 0.5) is 0 Å². The molecule has 0 amide bonds. The Bertz CT molecular complexity index is 498. The topological polar surface area (TPSA) is 0 Å². The molecule has 35 heavy (non-hydrogen) atoms. The van der Waals surface area contributed by atoms with Gasteiger partial charge in [-0.2, -0.15) is 0 Å². The minimum atomic E-state index is 0.824. The lowest BCUT2D eigenvalue weighted by atomic mass is 9.65. The van der Waals surface area contributed by atoms with Crippen molar-refractivity contribution in [1.82, 2.24) is 0 Å². The Morgan fingerprint density at radius 3 is 1.69 bits per heavy atom. The number of unbranched alkanes of at least 4 members (excludes halogenated alkanes) is 12. The van der Waals surface area contributed by atoms with Crippen LogP contribution in [0.15, 0.2) is 24.3 Å². The van der Waals surface area contributed by atoms with E-state index in [-0.39, 0.29) is 0 Å². The molecule has 0 radical (unpaired) electrons. The van der Waals surface area contributed by atoms with Gasteiger partial charge in [-0.3, -0.25) is 0 Å². The molecule has 1 aliphatic carbocycles. The van der Waals surface area contributed by atoms with Crippen molar-refractivity contribution in [2.45, 2.75) is 169 Å². The fourth-order valence-corrected chi connectivity index (χ4v) is 6.39. The van der Waals surface area contributed by atoms with Crippen molar-refractivity contribution < 1.29 is 0 Å². The Morgan fingerprint density at radius 2 is 1.06 bits per heavy atom. The maximum Gasteiger partial charge on any atom is -0.0199 e. The van der Waals surface area contributed by atoms with Gasteiger partial charge in [-0.05, 0) is 68.1 Å². The molecule has 0 aromatic carbocycles. The summed E-state index contributed by atoms with van der Waals surface area (Å²) in [4.78, 5) is 0. The smallest absolute Gasteiger partial charge is 0.0199 e. The predicted octanol–water partition coefficient (Wildman–Crippen LogP) is 12.5. The molecule has 0 saturated carbocycles. The standard InChI is InChI=1S/C35H66/c1-6-9-12-15-17-23-28-35-32(25-20-14-11-8-3)29-30-33(26-21-18-19-24-31(4)5)34(35)27-22-16-13-10-7-2/h17,23,29-35H,6-16,18-22,24-28H2,1-5H3/b23-17+. The Kier molecular flexibility index (Phi) is 21.0. The third-order valence-electron chi connectivity index (χ3n) is 8.66. The number of hydrogen-bond acceptors (Lipinski definition) is 0. The first-order valence-electron chi connectivity index (χ1n) is 16.5. The maximum absolute atomic E-state index is 2.71. The molecule has 0 N–H and O–H groups in total. The summed E-state index contributed by atoms with van der Waals surface area (Å²) in [5.41, 5.74) is 0. The summed E-state index contributed by atoms with van der Waals surface area (Å²) in [5.74, 6) is 4.33. The molecule has 0 saturated heterocycles. The van der Waals surface area contributed by atoms with Crippen LogP contribution < -0.4 is 0 Å². The van der Waals surface area contributed by atoms with Crippen LogP contribution in [0.3, 0.4) is 0 Å². The third-order valence-corrected chi connectivity index (χ3v) is 8.66. The van der Waals surface area contributed by atoms with Gasteiger partial charge in [0.25, 0.3) is 0 Å². The fraction of sp³-hybridized carbons (Fsp3) is 0.886. The van der Waals surface area contributed by atoms with Gasteiger partial charge in [-0.15, -0.1) is 0 Å². The lowest BCUT2D eigenvalue weighted by Crippen LogP contribution is -2.31. The highest BCUT2D eigenvalue weighted by Crippen LogP contribution is 2.44. The van der Waals surface area contributed by atoms with E-state index in [1.807, 2.05) is 0 Å². The van der Waals surface area contributed by atoms with Crippen molar-refractivity contribution in [1.29, 1.82) is 0 Å². The zero-order valence-electron chi connectivity index (χ0n) is 25.0. The average Bonchev–Trinajstić information content (AvgIpc) is 2.85. The van der Waals surface area contributed by atoms with Crippen molar-refractivity contribution in [2.75, 3.05) is 0 Å². The van der Waals surface area contributed by atoms with Crippen molar-refractivity contribution in [3.63, 3.8) is 0 Å². The van der Waals surface area contributed by atoms with E-state index >= 15 is 0 Å². The van der Waals surface area contributed by atoms with E-state index in [2.05, 4.69) is 58.9 Å². The minimum Gasteiger partial charge on any atom is -0.0885 e. The molecule has 0 bridgehead atoms. The molecule has 0 heterocycles. The highest BCUT2D eigenvalue weighted by Gasteiger charge is 2.34. The Labute approximate surface area is 223 Å². The molecular weight excluding hydrogens is 420 g/mol. The van der Waals surface area contributed by atoms with Crippen LogP contribution >= 0.6 is 0 Å². The zero-order chi connectivity index (χ0) is 25.6. The second-order valence-corrected chi connectivity index (χ2v) is 12.3. The Hall–Kier alpha value is -0.520. The molecule has 4 unspecified atom stereocenters. The van der Waals surface area contributed by atoms with Crippen molar-refractivity contribution in [3.05, 3.63) is 24.3 Å². The molecular formula is C35H66. The van der Waals surface area contributed by atoms with E-state index in [9.17, 15) is 0 Å². The van der Waals surface area contributed by atoms with Gasteiger partial charge in [0.05, 0.1) is 0 Å². The van der Waals surface area contributed by atoms with Crippen molar-refractivity contribution in [3.8, 4) is 0 Å². The van der Waals surface area contributed by atoms with Crippen LogP contribution in [0.2, 0.25) is 0 Å². The van der Waals surface area contributed by atoms with Crippen LogP contribution in [0.25, 0.3) is 0 Å². The highest BCUT2D eigenvalue weighted by atomic mass is 14.4. The van der Waals surface area contributed by atoms with Crippen molar-refractivity contribution >= 4 is 0 Å². The largest absolute Gasteiger partial charge is 0.0885 e. The number of allylic oxidation sites excluding steroid dienone is 4. The van der Waals surface area contributed by atoms with E-state index in [1.54, 1.807) is 0 Å². The lowest BCUT2D eigenvalue weighted by molar-refractivity contribution is 0.159. The summed E-state index contributed by atoms with van der Waals surface area (Å²) in [6.07, 6.45) is 40.1. The second kappa shape index (κ2) is 22.7. The van der Waals surface area contributed by atoms with E-state index in [0.29, 0.717) is 0 Å². The molecule has 1 aliphatic rings. The van der Waals surface area contributed by atoms with E-state index in [0.717, 1.165) is 29.6 Å². The van der Waals surface area contributed by atoms with E-state index < -0.39 is 0 Å². The van der Waals surface area contributed by atoms with Gasteiger partial charge in [-0.1, -0.05) is 155 Å². The van der Waals surface area contributed by atoms with Gasteiger partial charge >= 0.3 is 0 Å². The quantitative estimate of drug-likeness (QED) is 0.0994. The first kappa shape index (κ1) is 32.5. The Balaban J connectivity index is 2.82. The first-order valence-corrected chi connectivity index (χ1v) is 16.5. The van der Waals surface area contributed by atoms with Crippen LogP contribution in [0, 0.1) is 29.6 Å². The Morgan fingerprint density at radius 1 is 0.543 bits per heavy atom. The molecule has 1 rings (SSSR count). The van der Waals surface area contributed by atoms with E-state index in [1.165, 1.54) is 135 Å². The molecule has 0 nitrogen and oxygen atoms in total. The molecule has 0 fully saturated rings. The SMILES string of the molecule is CCCCC/C=C/CC1C(CCCCCC)C=CC(CCCCCC(C)C)C1CCCCCCC. The lowest BCUT2D eigenvalue weighted by Gasteiger charge is -2.40. The van der Waals surface area contributed by atoms with Gasteiger partial charge in [0, 0.05) is 0 Å². The minimum absolute atomic E-state index is 0.824. The molecule has 4 atom stereocenters. The van der Waals surface area contributed by atoms with Crippen LogP contribution in [0.1, 0.15) is 169 Å². The summed E-state index contributed by atoms with van der Waals surface area (Å²) in [5, 5.41) is 0.